The minimum absolute atomic E-state index is 0.178. The van der Waals surface area contributed by atoms with Crippen LogP contribution in [0.4, 0.5) is 0 Å². The van der Waals surface area contributed by atoms with Gasteiger partial charge in [-0.2, -0.15) is 0 Å². The van der Waals surface area contributed by atoms with Gasteiger partial charge in [0.15, 0.2) is 0 Å². The van der Waals surface area contributed by atoms with Gasteiger partial charge in [-0.3, -0.25) is 4.79 Å². The fourth-order valence-electron chi connectivity index (χ4n) is 5.27. The molecular weight excluding hydrogens is 320 g/mol. The van der Waals surface area contributed by atoms with Gasteiger partial charge >= 0.3 is 0 Å². The van der Waals surface area contributed by atoms with Crippen molar-refractivity contribution in [2.24, 2.45) is 29.4 Å². The van der Waals surface area contributed by atoms with Gasteiger partial charge in [0.2, 0.25) is 0 Å². The fourth-order valence-corrected chi connectivity index (χ4v) is 5.27. The van der Waals surface area contributed by atoms with E-state index < -0.39 is 0 Å². The molecule has 4 atom stereocenters. The van der Waals surface area contributed by atoms with E-state index in [0.29, 0.717) is 30.2 Å². The van der Waals surface area contributed by atoms with Crippen LogP contribution in [0.15, 0.2) is 60.7 Å². The molecule has 2 fully saturated rings. The SMILES string of the molecule is NCc1ccccc1-c1ccc(C(=O)N2C[C@@H]3C4C=CC(C4)[C@@H]3C2)cc1. The zero-order valence-corrected chi connectivity index (χ0v) is 14.8. The highest BCUT2D eigenvalue weighted by atomic mass is 16.2. The van der Waals surface area contributed by atoms with E-state index in [1.807, 2.05) is 36.4 Å². The Bertz CT molecular complexity index is 850. The van der Waals surface area contributed by atoms with Gasteiger partial charge in [0, 0.05) is 25.2 Å². The first-order valence-corrected chi connectivity index (χ1v) is 9.60. The number of likely N-dealkylation sites (tertiary alicyclic amines) is 1. The highest BCUT2D eigenvalue weighted by molar-refractivity contribution is 5.95. The summed E-state index contributed by atoms with van der Waals surface area (Å²) in [7, 11) is 0. The molecule has 1 amide bonds. The van der Waals surface area contributed by atoms with E-state index in [2.05, 4.69) is 29.2 Å². The van der Waals surface area contributed by atoms with Crippen molar-refractivity contribution in [2.45, 2.75) is 13.0 Å². The average Bonchev–Trinajstić information content (AvgIpc) is 3.40. The second kappa shape index (κ2) is 6.10. The number of amides is 1. The Balaban J connectivity index is 1.34. The Morgan fingerprint density at radius 2 is 1.62 bits per heavy atom. The van der Waals surface area contributed by atoms with Crippen LogP contribution >= 0.6 is 0 Å². The second-order valence-electron chi connectivity index (χ2n) is 7.92. The summed E-state index contributed by atoms with van der Waals surface area (Å²) < 4.78 is 0. The quantitative estimate of drug-likeness (QED) is 0.863. The number of carbonyl (C=O) groups is 1. The molecule has 3 heteroatoms. The van der Waals surface area contributed by atoms with Crippen molar-refractivity contribution in [3.63, 3.8) is 0 Å². The zero-order valence-electron chi connectivity index (χ0n) is 14.8. The van der Waals surface area contributed by atoms with Crippen LogP contribution in [0.2, 0.25) is 0 Å². The highest BCUT2D eigenvalue weighted by Gasteiger charge is 2.50. The largest absolute Gasteiger partial charge is 0.338 e. The first-order valence-electron chi connectivity index (χ1n) is 9.60. The van der Waals surface area contributed by atoms with Gasteiger partial charge in [0.05, 0.1) is 0 Å². The number of allylic oxidation sites excluding steroid dienone is 2. The number of nitrogens with zero attached hydrogens (tertiary/aromatic N) is 1. The molecule has 2 N–H and O–H groups in total. The van der Waals surface area contributed by atoms with Crippen molar-refractivity contribution in [2.75, 3.05) is 13.1 Å². The lowest BCUT2D eigenvalue weighted by Crippen LogP contribution is -2.30. The van der Waals surface area contributed by atoms with Crippen LogP contribution in [-0.2, 0) is 6.54 Å². The number of hydrogen-bond acceptors (Lipinski definition) is 2. The maximum absolute atomic E-state index is 13.0. The van der Waals surface area contributed by atoms with Gasteiger partial charge in [0.25, 0.3) is 5.91 Å². The number of hydrogen-bond donors (Lipinski definition) is 1. The van der Waals surface area contributed by atoms with Crippen molar-refractivity contribution in [3.05, 3.63) is 71.8 Å². The molecule has 132 valence electrons. The molecule has 3 nitrogen and oxygen atoms in total. The van der Waals surface area contributed by atoms with Crippen molar-refractivity contribution < 1.29 is 4.79 Å². The zero-order chi connectivity index (χ0) is 17.7. The lowest BCUT2D eigenvalue weighted by Gasteiger charge is -2.19. The molecule has 1 saturated heterocycles. The average molecular weight is 344 g/mol. The number of fused-ring (bicyclic) bond motifs is 5. The molecule has 2 aliphatic carbocycles. The molecule has 1 aliphatic heterocycles. The summed E-state index contributed by atoms with van der Waals surface area (Å²) in [6.45, 7) is 2.36. The molecule has 0 aromatic heterocycles. The third kappa shape index (κ3) is 2.42. The summed E-state index contributed by atoms with van der Waals surface area (Å²) >= 11 is 0. The third-order valence-electron chi connectivity index (χ3n) is 6.63. The first kappa shape index (κ1) is 15.8. The standard InChI is InChI=1S/C23H24N2O/c24-12-19-3-1-2-4-20(19)15-5-7-16(8-6-15)23(26)25-13-21-17-9-10-18(11-17)22(21)14-25/h1-10,17-18,21-22H,11-14,24H2/t17?,18?,21-,22+. The van der Waals surface area contributed by atoms with Gasteiger partial charge in [-0.15, -0.1) is 0 Å². The molecule has 2 unspecified atom stereocenters. The molecule has 2 aromatic rings. The molecule has 26 heavy (non-hydrogen) atoms. The Labute approximate surface area is 154 Å². The number of carbonyl (C=O) groups excluding carboxylic acids is 1. The van der Waals surface area contributed by atoms with E-state index in [-0.39, 0.29) is 5.91 Å². The van der Waals surface area contributed by atoms with Crippen LogP contribution in [0.5, 0.6) is 0 Å². The molecular formula is C23H24N2O. The Kier molecular flexibility index (Phi) is 3.71. The van der Waals surface area contributed by atoms with Crippen LogP contribution in [0.1, 0.15) is 22.3 Å². The van der Waals surface area contributed by atoms with Crippen molar-refractivity contribution in [3.8, 4) is 11.1 Å². The Morgan fingerprint density at radius 3 is 2.27 bits per heavy atom. The van der Waals surface area contributed by atoms with E-state index >= 15 is 0 Å². The molecule has 2 bridgehead atoms. The minimum Gasteiger partial charge on any atom is -0.338 e. The van der Waals surface area contributed by atoms with Crippen molar-refractivity contribution in [1.29, 1.82) is 0 Å². The van der Waals surface area contributed by atoms with Gasteiger partial charge in [-0.25, -0.2) is 0 Å². The van der Waals surface area contributed by atoms with Crippen LogP contribution in [0.25, 0.3) is 11.1 Å². The topological polar surface area (TPSA) is 46.3 Å². The van der Waals surface area contributed by atoms with Gasteiger partial charge < -0.3 is 10.6 Å². The second-order valence-corrected chi connectivity index (χ2v) is 7.92. The summed E-state index contributed by atoms with van der Waals surface area (Å²) in [5.74, 6) is 2.96. The molecule has 5 rings (SSSR count). The van der Waals surface area contributed by atoms with Crippen LogP contribution in [0.3, 0.4) is 0 Å². The Hall–Kier alpha value is -2.39. The lowest BCUT2D eigenvalue weighted by atomic mass is 9.86. The monoisotopic (exact) mass is 344 g/mol. The lowest BCUT2D eigenvalue weighted by molar-refractivity contribution is 0.0777. The Morgan fingerprint density at radius 1 is 0.962 bits per heavy atom. The van der Waals surface area contributed by atoms with E-state index in [9.17, 15) is 4.79 Å². The smallest absolute Gasteiger partial charge is 0.253 e. The molecule has 1 heterocycles. The molecule has 1 saturated carbocycles. The molecule has 3 aliphatic rings. The summed E-state index contributed by atoms with van der Waals surface area (Å²) in [6.07, 6.45) is 6.07. The van der Waals surface area contributed by atoms with E-state index in [1.54, 1.807) is 0 Å². The van der Waals surface area contributed by atoms with Gasteiger partial charge in [0.1, 0.15) is 0 Å². The summed E-state index contributed by atoms with van der Waals surface area (Å²) in [4.78, 5) is 15.0. The van der Waals surface area contributed by atoms with Crippen LogP contribution in [-0.4, -0.2) is 23.9 Å². The summed E-state index contributed by atoms with van der Waals surface area (Å²) in [6, 6.07) is 16.2. The molecule has 0 spiro atoms. The number of nitrogens with two attached hydrogens (primary N) is 1. The summed E-state index contributed by atoms with van der Waals surface area (Å²) in [5.41, 5.74) is 10.0. The normalized spacial score (nSPS) is 28.6. The minimum atomic E-state index is 0.178. The van der Waals surface area contributed by atoms with Crippen molar-refractivity contribution in [1.82, 2.24) is 4.90 Å². The van der Waals surface area contributed by atoms with E-state index in [0.717, 1.165) is 35.3 Å². The van der Waals surface area contributed by atoms with E-state index in [1.165, 1.54) is 6.42 Å². The molecule has 0 radical (unpaired) electrons. The maximum atomic E-state index is 13.0. The predicted octanol–water partition coefficient (Wildman–Crippen LogP) is 3.71. The molecule has 2 aromatic carbocycles. The number of benzene rings is 2. The highest BCUT2D eigenvalue weighted by Crippen LogP contribution is 2.51. The summed E-state index contributed by atoms with van der Waals surface area (Å²) in [5, 5.41) is 0. The van der Waals surface area contributed by atoms with Crippen molar-refractivity contribution >= 4 is 5.91 Å². The van der Waals surface area contributed by atoms with Crippen LogP contribution in [0, 0.1) is 23.7 Å². The van der Waals surface area contributed by atoms with E-state index in [4.69, 9.17) is 5.73 Å². The van der Waals surface area contributed by atoms with Crippen LogP contribution < -0.4 is 5.73 Å². The predicted molar refractivity (Wildman–Crippen MR) is 103 cm³/mol. The van der Waals surface area contributed by atoms with Gasteiger partial charge in [-0.1, -0.05) is 48.6 Å². The maximum Gasteiger partial charge on any atom is 0.253 e. The van der Waals surface area contributed by atoms with Gasteiger partial charge in [-0.05, 0) is 58.9 Å². The number of rotatable bonds is 3. The first-order chi connectivity index (χ1) is 12.7. The fraction of sp³-hybridized carbons (Fsp3) is 0.348. The third-order valence-corrected chi connectivity index (χ3v) is 6.63.